The van der Waals surface area contributed by atoms with Gasteiger partial charge in [0.2, 0.25) is 0 Å². The van der Waals surface area contributed by atoms with Crippen LogP contribution in [0.1, 0.15) is 12.5 Å². The summed E-state index contributed by atoms with van der Waals surface area (Å²) in [4.78, 5) is 4.07. The largest absolute Gasteiger partial charge is 0.494 e. The minimum absolute atomic E-state index is 0.545. The predicted octanol–water partition coefficient (Wildman–Crippen LogP) is 3.76. The summed E-state index contributed by atoms with van der Waals surface area (Å²) in [5.74, 6) is 1.51. The lowest BCUT2D eigenvalue weighted by atomic mass is 10.2. The Labute approximate surface area is 106 Å². The molecule has 1 aromatic heterocycles. The Bertz CT molecular complexity index is 494. The summed E-state index contributed by atoms with van der Waals surface area (Å²) in [5, 5.41) is 8.15. The summed E-state index contributed by atoms with van der Waals surface area (Å²) in [6.07, 6.45) is 1.70. The van der Waals surface area contributed by atoms with Crippen molar-refractivity contribution in [3.05, 3.63) is 54.2 Å². The minimum Gasteiger partial charge on any atom is -0.494 e. The van der Waals surface area contributed by atoms with E-state index >= 15 is 0 Å². The number of aromatic nitrogens is 1. The average Bonchev–Trinajstić information content (AvgIpc) is 2.42. The molecule has 0 aliphatic carbocycles. The first-order valence-corrected chi connectivity index (χ1v) is 5.89. The van der Waals surface area contributed by atoms with Gasteiger partial charge in [-0.3, -0.25) is 0 Å². The molecule has 92 valence electrons. The van der Waals surface area contributed by atoms with Crippen molar-refractivity contribution in [1.29, 1.82) is 0 Å². The van der Waals surface area contributed by atoms with Gasteiger partial charge < -0.3 is 4.74 Å². The zero-order valence-electron chi connectivity index (χ0n) is 10.3. The third-order valence-corrected chi connectivity index (χ3v) is 2.31. The number of hydrogen-bond acceptors (Lipinski definition) is 4. The number of azo groups is 1. The molecule has 0 amide bonds. The standard InChI is InChI=1S/C14H15N3O/c1-2-18-13-8-6-12(7-9-13)11-16-17-14-5-3-4-10-15-14/h3-10H,2,11H2,1H3. The molecule has 1 heterocycles. The lowest BCUT2D eigenvalue weighted by Crippen LogP contribution is -1.91. The van der Waals surface area contributed by atoms with Gasteiger partial charge in [0.25, 0.3) is 0 Å². The Balaban J connectivity index is 1.92. The molecule has 0 bridgehead atoms. The van der Waals surface area contributed by atoms with Crippen molar-refractivity contribution >= 4 is 5.82 Å². The number of nitrogens with zero attached hydrogens (tertiary/aromatic N) is 3. The van der Waals surface area contributed by atoms with E-state index in [1.165, 1.54) is 0 Å². The fourth-order valence-electron chi connectivity index (χ4n) is 1.46. The van der Waals surface area contributed by atoms with Gasteiger partial charge in [-0.05, 0) is 36.8 Å². The normalized spacial score (nSPS) is 10.7. The molecule has 0 unspecified atom stereocenters. The second-order valence-corrected chi connectivity index (χ2v) is 3.66. The number of benzene rings is 1. The highest BCUT2D eigenvalue weighted by molar-refractivity contribution is 5.27. The van der Waals surface area contributed by atoms with Crippen LogP contribution in [0.4, 0.5) is 5.82 Å². The van der Waals surface area contributed by atoms with E-state index < -0.39 is 0 Å². The SMILES string of the molecule is CCOc1ccc(CN=Nc2ccccn2)cc1. The van der Waals surface area contributed by atoms with Gasteiger partial charge in [0.05, 0.1) is 13.2 Å². The molecule has 0 saturated carbocycles. The number of ether oxygens (including phenoxy) is 1. The summed E-state index contributed by atoms with van der Waals surface area (Å²) >= 11 is 0. The Morgan fingerprint density at radius 2 is 1.94 bits per heavy atom. The monoisotopic (exact) mass is 241 g/mol. The highest BCUT2D eigenvalue weighted by atomic mass is 16.5. The third kappa shape index (κ3) is 3.66. The van der Waals surface area contributed by atoms with E-state index in [9.17, 15) is 0 Å². The van der Waals surface area contributed by atoms with Crippen LogP contribution in [-0.2, 0) is 6.54 Å². The molecule has 0 saturated heterocycles. The van der Waals surface area contributed by atoms with Gasteiger partial charge in [-0.2, -0.15) is 5.11 Å². The van der Waals surface area contributed by atoms with Crippen LogP contribution in [0.2, 0.25) is 0 Å². The maximum Gasteiger partial charge on any atom is 0.173 e. The van der Waals surface area contributed by atoms with Crippen LogP contribution in [0.5, 0.6) is 5.75 Å². The molecular formula is C14H15N3O. The van der Waals surface area contributed by atoms with Crippen molar-refractivity contribution in [3.63, 3.8) is 0 Å². The minimum atomic E-state index is 0.545. The summed E-state index contributed by atoms with van der Waals surface area (Å²) in [6, 6.07) is 13.4. The Morgan fingerprint density at radius 1 is 1.11 bits per heavy atom. The van der Waals surface area contributed by atoms with Gasteiger partial charge in [-0.1, -0.05) is 18.2 Å². The predicted molar refractivity (Wildman–Crippen MR) is 70.1 cm³/mol. The van der Waals surface area contributed by atoms with E-state index in [1.54, 1.807) is 6.20 Å². The highest BCUT2D eigenvalue weighted by Crippen LogP contribution is 2.13. The van der Waals surface area contributed by atoms with E-state index in [4.69, 9.17) is 4.74 Å². The fraction of sp³-hybridized carbons (Fsp3) is 0.214. The molecule has 1 aromatic carbocycles. The van der Waals surface area contributed by atoms with Crippen molar-refractivity contribution in [3.8, 4) is 5.75 Å². The first-order valence-electron chi connectivity index (χ1n) is 5.89. The van der Waals surface area contributed by atoms with Crippen LogP contribution < -0.4 is 4.74 Å². The van der Waals surface area contributed by atoms with Gasteiger partial charge in [0.15, 0.2) is 5.82 Å². The molecule has 0 atom stereocenters. The van der Waals surface area contributed by atoms with Crippen molar-refractivity contribution in [2.75, 3.05) is 6.61 Å². The van der Waals surface area contributed by atoms with Crippen LogP contribution in [0.25, 0.3) is 0 Å². The molecule has 0 aliphatic rings. The average molecular weight is 241 g/mol. The van der Waals surface area contributed by atoms with Crippen LogP contribution in [0, 0.1) is 0 Å². The fourth-order valence-corrected chi connectivity index (χ4v) is 1.46. The molecule has 0 fully saturated rings. The maximum absolute atomic E-state index is 5.37. The van der Waals surface area contributed by atoms with Crippen LogP contribution in [-0.4, -0.2) is 11.6 Å². The van der Waals surface area contributed by atoms with Crippen molar-refractivity contribution in [2.24, 2.45) is 10.2 Å². The molecular weight excluding hydrogens is 226 g/mol. The first-order chi connectivity index (χ1) is 8.88. The van der Waals surface area contributed by atoms with Crippen molar-refractivity contribution in [2.45, 2.75) is 13.5 Å². The third-order valence-electron chi connectivity index (χ3n) is 2.31. The maximum atomic E-state index is 5.37. The lowest BCUT2D eigenvalue weighted by molar-refractivity contribution is 0.340. The molecule has 2 aromatic rings. The molecule has 0 aliphatic heterocycles. The van der Waals surface area contributed by atoms with E-state index in [0.29, 0.717) is 19.0 Å². The van der Waals surface area contributed by atoms with Gasteiger partial charge in [-0.25, -0.2) is 4.98 Å². The van der Waals surface area contributed by atoms with E-state index in [2.05, 4.69) is 15.2 Å². The second-order valence-electron chi connectivity index (χ2n) is 3.66. The van der Waals surface area contributed by atoms with Crippen LogP contribution in [0.3, 0.4) is 0 Å². The van der Waals surface area contributed by atoms with Gasteiger partial charge in [-0.15, -0.1) is 5.11 Å². The molecule has 0 spiro atoms. The summed E-state index contributed by atoms with van der Waals surface area (Å²) in [5.41, 5.74) is 1.10. The van der Waals surface area contributed by atoms with E-state index in [0.717, 1.165) is 11.3 Å². The van der Waals surface area contributed by atoms with Crippen molar-refractivity contribution in [1.82, 2.24) is 4.98 Å². The van der Waals surface area contributed by atoms with Gasteiger partial charge in [0.1, 0.15) is 5.75 Å². The summed E-state index contributed by atoms with van der Waals surface area (Å²) in [7, 11) is 0. The summed E-state index contributed by atoms with van der Waals surface area (Å²) in [6.45, 7) is 3.19. The highest BCUT2D eigenvalue weighted by Gasteiger charge is 1.94. The molecule has 2 rings (SSSR count). The number of hydrogen-bond donors (Lipinski definition) is 0. The lowest BCUT2D eigenvalue weighted by Gasteiger charge is -2.02. The smallest absolute Gasteiger partial charge is 0.173 e. The van der Waals surface area contributed by atoms with Crippen LogP contribution in [0.15, 0.2) is 58.9 Å². The van der Waals surface area contributed by atoms with E-state index in [-0.39, 0.29) is 0 Å². The number of rotatable bonds is 5. The summed E-state index contributed by atoms with van der Waals surface area (Å²) < 4.78 is 5.37. The number of pyridine rings is 1. The van der Waals surface area contributed by atoms with Gasteiger partial charge in [0, 0.05) is 6.20 Å². The van der Waals surface area contributed by atoms with Gasteiger partial charge >= 0.3 is 0 Å². The molecule has 0 N–H and O–H groups in total. The Kier molecular flexibility index (Phi) is 4.41. The first kappa shape index (κ1) is 12.2. The van der Waals surface area contributed by atoms with Crippen molar-refractivity contribution < 1.29 is 4.74 Å². The van der Waals surface area contributed by atoms with E-state index in [1.807, 2.05) is 49.4 Å². The Hall–Kier alpha value is -2.23. The molecule has 4 heteroatoms. The zero-order chi connectivity index (χ0) is 12.6. The van der Waals surface area contributed by atoms with Crippen LogP contribution >= 0.6 is 0 Å². The molecule has 18 heavy (non-hydrogen) atoms. The molecule has 4 nitrogen and oxygen atoms in total. The second kappa shape index (κ2) is 6.49. The topological polar surface area (TPSA) is 46.8 Å². The Morgan fingerprint density at radius 3 is 2.61 bits per heavy atom. The molecule has 0 radical (unpaired) electrons. The quantitative estimate of drug-likeness (QED) is 0.748. The zero-order valence-corrected chi connectivity index (χ0v) is 10.3.